The lowest BCUT2D eigenvalue weighted by Crippen LogP contribution is -2.52. The molecule has 1 heterocycles. The van der Waals surface area contributed by atoms with E-state index in [-0.39, 0.29) is 17.4 Å². The van der Waals surface area contributed by atoms with Gasteiger partial charge in [-0.25, -0.2) is 4.39 Å². The fourth-order valence-corrected chi connectivity index (χ4v) is 3.26. The molecular formula is C21H23FN2O2. The Kier molecular flexibility index (Phi) is 5.35. The largest absolute Gasteiger partial charge is 0.340 e. The van der Waals surface area contributed by atoms with Crippen LogP contribution in [0.3, 0.4) is 0 Å². The summed E-state index contributed by atoms with van der Waals surface area (Å²) in [7, 11) is 0. The molecule has 1 N–H and O–H groups in total. The van der Waals surface area contributed by atoms with Gasteiger partial charge in [0.2, 0.25) is 5.91 Å². The summed E-state index contributed by atoms with van der Waals surface area (Å²) in [6.45, 7) is 4.91. The second kappa shape index (κ2) is 7.68. The average Bonchev–Trinajstić information content (AvgIpc) is 2.65. The Balaban J connectivity index is 1.75. The van der Waals surface area contributed by atoms with Gasteiger partial charge < -0.3 is 10.2 Å². The fraction of sp³-hybridized carbons (Fsp3) is 0.333. The van der Waals surface area contributed by atoms with E-state index < -0.39 is 17.8 Å². The zero-order chi connectivity index (χ0) is 18.7. The standard InChI is InChI=1S/C21H23FN2O2/c1-14(2)19(23-20(25)17-9-5-6-10-18(17)22)21(26)24-12-11-15-7-3-4-8-16(15)13-24/h3-10,14,19H,11-13H2,1-2H3,(H,23,25)/t19-/m0/s1. The third kappa shape index (κ3) is 3.77. The van der Waals surface area contributed by atoms with Gasteiger partial charge in [0.15, 0.2) is 0 Å². The van der Waals surface area contributed by atoms with Gasteiger partial charge in [-0.05, 0) is 35.6 Å². The Morgan fingerprint density at radius 1 is 1.04 bits per heavy atom. The van der Waals surface area contributed by atoms with E-state index in [4.69, 9.17) is 0 Å². The molecule has 0 aromatic heterocycles. The molecule has 0 radical (unpaired) electrons. The summed E-state index contributed by atoms with van der Waals surface area (Å²) < 4.78 is 13.9. The van der Waals surface area contributed by atoms with Crippen molar-refractivity contribution < 1.29 is 14.0 Å². The van der Waals surface area contributed by atoms with Gasteiger partial charge in [-0.3, -0.25) is 9.59 Å². The molecule has 26 heavy (non-hydrogen) atoms. The van der Waals surface area contributed by atoms with E-state index in [9.17, 15) is 14.0 Å². The number of nitrogens with zero attached hydrogens (tertiary/aromatic N) is 1. The highest BCUT2D eigenvalue weighted by Gasteiger charge is 2.31. The van der Waals surface area contributed by atoms with Gasteiger partial charge in [0.1, 0.15) is 11.9 Å². The lowest BCUT2D eigenvalue weighted by Gasteiger charge is -2.33. The zero-order valence-corrected chi connectivity index (χ0v) is 15.0. The van der Waals surface area contributed by atoms with Crippen LogP contribution in [0.4, 0.5) is 4.39 Å². The average molecular weight is 354 g/mol. The third-order valence-corrected chi connectivity index (χ3v) is 4.78. The Morgan fingerprint density at radius 2 is 1.69 bits per heavy atom. The predicted molar refractivity (Wildman–Crippen MR) is 98.1 cm³/mol. The number of nitrogens with one attached hydrogen (secondary N) is 1. The van der Waals surface area contributed by atoms with Gasteiger partial charge in [0, 0.05) is 13.1 Å². The van der Waals surface area contributed by atoms with Gasteiger partial charge in [-0.1, -0.05) is 50.2 Å². The van der Waals surface area contributed by atoms with Crippen LogP contribution in [-0.4, -0.2) is 29.3 Å². The van der Waals surface area contributed by atoms with Crippen molar-refractivity contribution in [1.29, 1.82) is 0 Å². The first-order chi connectivity index (χ1) is 12.5. The molecule has 2 amide bonds. The summed E-state index contributed by atoms with van der Waals surface area (Å²) in [5, 5.41) is 2.72. The molecular weight excluding hydrogens is 331 g/mol. The van der Waals surface area contributed by atoms with Crippen molar-refractivity contribution in [2.45, 2.75) is 32.9 Å². The summed E-state index contributed by atoms with van der Waals surface area (Å²) in [5.74, 6) is -1.38. The van der Waals surface area contributed by atoms with Crippen molar-refractivity contribution in [2.24, 2.45) is 5.92 Å². The summed E-state index contributed by atoms with van der Waals surface area (Å²) in [6.07, 6.45) is 0.800. The third-order valence-electron chi connectivity index (χ3n) is 4.78. The maximum atomic E-state index is 13.9. The highest BCUT2D eigenvalue weighted by atomic mass is 19.1. The van der Waals surface area contributed by atoms with Crippen LogP contribution >= 0.6 is 0 Å². The minimum absolute atomic E-state index is 0.0464. The van der Waals surface area contributed by atoms with Gasteiger partial charge in [0.25, 0.3) is 5.91 Å². The Morgan fingerprint density at radius 3 is 2.38 bits per heavy atom. The molecule has 0 fully saturated rings. The SMILES string of the molecule is CC(C)[C@H](NC(=O)c1ccccc1F)C(=O)N1CCc2ccccc2C1. The van der Waals surface area contributed by atoms with E-state index in [1.54, 1.807) is 11.0 Å². The summed E-state index contributed by atoms with van der Waals surface area (Å²) >= 11 is 0. The lowest BCUT2D eigenvalue weighted by atomic mass is 9.97. The summed E-state index contributed by atoms with van der Waals surface area (Å²) in [5.41, 5.74) is 2.35. The molecule has 1 atom stereocenters. The van der Waals surface area contributed by atoms with Crippen molar-refractivity contribution in [3.63, 3.8) is 0 Å². The van der Waals surface area contributed by atoms with Crippen LogP contribution in [-0.2, 0) is 17.8 Å². The number of carbonyl (C=O) groups is 2. The molecule has 3 rings (SSSR count). The van der Waals surface area contributed by atoms with E-state index in [2.05, 4.69) is 11.4 Å². The molecule has 4 nitrogen and oxygen atoms in total. The number of halogens is 1. The fourth-order valence-electron chi connectivity index (χ4n) is 3.26. The molecule has 136 valence electrons. The van der Waals surface area contributed by atoms with Crippen LogP contribution in [0.5, 0.6) is 0 Å². The molecule has 2 aromatic rings. The molecule has 0 bridgehead atoms. The molecule has 0 spiro atoms. The maximum Gasteiger partial charge on any atom is 0.254 e. The number of fused-ring (bicyclic) bond motifs is 1. The van der Waals surface area contributed by atoms with Crippen molar-refractivity contribution >= 4 is 11.8 Å². The lowest BCUT2D eigenvalue weighted by molar-refractivity contribution is -0.135. The second-order valence-electron chi connectivity index (χ2n) is 6.95. The normalized spacial score (nSPS) is 14.7. The van der Waals surface area contributed by atoms with Gasteiger partial charge in [0.05, 0.1) is 5.56 Å². The molecule has 0 unspecified atom stereocenters. The highest BCUT2D eigenvalue weighted by molar-refractivity contribution is 5.97. The van der Waals surface area contributed by atoms with Crippen molar-refractivity contribution in [3.05, 3.63) is 71.0 Å². The maximum absolute atomic E-state index is 13.9. The first-order valence-electron chi connectivity index (χ1n) is 8.88. The molecule has 1 aliphatic rings. The topological polar surface area (TPSA) is 49.4 Å². The highest BCUT2D eigenvalue weighted by Crippen LogP contribution is 2.20. The first kappa shape index (κ1) is 18.1. The molecule has 5 heteroatoms. The second-order valence-corrected chi connectivity index (χ2v) is 6.95. The van der Waals surface area contributed by atoms with Crippen LogP contribution in [0.15, 0.2) is 48.5 Å². The Bertz CT molecular complexity index is 819. The number of hydrogen-bond acceptors (Lipinski definition) is 2. The Hall–Kier alpha value is -2.69. The first-order valence-corrected chi connectivity index (χ1v) is 8.88. The van der Waals surface area contributed by atoms with Crippen molar-refractivity contribution in [3.8, 4) is 0 Å². The molecule has 1 aliphatic heterocycles. The summed E-state index contributed by atoms with van der Waals surface area (Å²) in [4.78, 5) is 27.2. The molecule has 2 aromatic carbocycles. The molecule has 0 saturated carbocycles. The van der Waals surface area contributed by atoms with E-state index >= 15 is 0 Å². The number of rotatable bonds is 4. The molecule has 0 saturated heterocycles. The predicted octanol–water partition coefficient (Wildman–Crippen LogP) is 3.17. The van der Waals surface area contributed by atoms with E-state index in [1.165, 1.54) is 23.8 Å². The van der Waals surface area contributed by atoms with Crippen molar-refractivity contribution in [2.75, 3.05) is 6.54 Å². The van der Waals surface area contributed by atoms with Crippen LogP contribution in [0, 0.1) is 11.7 Å². The quantitative estimate of drug-likeness (QED) is 0.917. The minimum atomic E-state index is -0.688. The van der Waals surface area contributed by atoms with Gasteiger partial charge in [-0.15, -0.1) is 0 Å². The van der Waals surface area contributed by atoms with Crippen molar-refractivity contribution in [1.82, 2.24) is 10.2 Å². The molecule has 0 aliphatic carbocycles. The van der Waals surface area contributed by atoms with Crippen LogP contribution < -0.4 is 5.32 Å². The van der Waals surface area contributed by atoms with Gasteiger partial charge in [-0.2, -0.15) is 0 Å². The minimum Gasteiger partial charge on any atom is -0.340 e. The van der Waals surface area contributed by atoms with Gasteiger partial charge >= 0.3 is 0 Å². The van der Waals surface area contributed by atoms with E-state index in [0.29, 0.717) is 13.1 Å². The van der Waals surface area contributed by atoms with E-state index in [1.807, 2.05) is 32.0 Å². The zero-order valence-electron chi connectivity index (χ0n) is 15.0. The monoisotopic (exact) mass is 354 g/mol. The van der Waals surface area contributed by atoms with Crippen LogP contribution in [0.1, 0.15) is 35.3 Å². The Labute approximate surface area is 153 Å². The number of hydrogen-bond donors (Lipinski definition) is 1. The van der Waals surface area contributed by atoms with Crippen LogP contribution in [0.2, 0.25) is 0 Å². The van der Waals surface area contributed by atoms with Crippen LogP contribution in [0.25, 0.3) is 0 Å². The number of carbonyl (C=O) groups excluding carboxylic acids is 2. The number of benzene rings is 2. The number of amides is 2. The van der Waals surface area contributed by atoms with E-state index in [0.717, 1.165) is 12.0 Å². The summed E-state index contributed by atoms with van der Waals surface area (Å²) in [6, 6.07) is 13.2. The smallest absolute Gasteiger partial charge is 0.254 e.